The van der Waals surface area contributed by atoms with Crippen LogP contribution in [0.1, 0.15) is 12.8 Å². The van der Waals surface area contributed by atoms with E-state index in [2.05, 4.69) is 10.1 Å². The molecule has 1 unspecified atom stereocenters. The molecule has 0 radical (unpaired) electrons. The number of carboxylic acid groups (broad SMARTS) is 1. The smallest absolute Gasteiger partial charge is 0.330 e. The van der Waals surface area contributed by atoms with Crippen molar-refractivity contribution in [1.29, 1.82) is 0 Å². The number of carboxylic acids is 1. The SMILES string of the molecule is COC(=O)[C@H](COC1CCSC1)NC(=O)[C@@H](N)CC(=O)O. The molecule has 3 atom stereocenters. The summed E-state index contributed by atoms with van der Waals surface area (Å²) in [6.45, 7) is -0.0244. The van der Waals surface area contributed by atoms with E-state index in [0.29, 0.717) is 0 Å². The zero-order valence-electron chi connectivity index (χ0n) is 11.7. The van der Waals surface area contributed by atoms with E-state index in [1.165, 1.54) is 7.11 Å². The Kier molecular flexibility index (Phi) is 7.48. The quantitative estimate of drug-likeness (QED) is 0.484. The van der Waals surface area contributed by atoms with E-state index in [1.54, 1.807) is 11.8 Å². The first-order valence-corrected chi connectivity index (χ1v) is 7.64. The van der Waals surface area contributed by atoms with Crippen LogP contribution in [0.2, 0.25) is 0 Å². The van der Waals surface area contributed by atoms with Crippen molar-refractivity contribution < 1.29 is 29.0 Å². The molecular weight excluding hydrogens is 300 g/mol. The molecule has 21 heavy (non-hydrogen) atoms. The molecule has 0 aromatic heterocycles. The lowest BCUT2D eigenvalue weighted by Gasteiger charge is -2.20. The molecule has 9 heteroatoms. The van der Waals surface area contributed by atoms with Gasteiger partial charge in [0.25, 0.3) is 0 Å². The summed E-state index contributed by atoms with van der Waals surface area (Å²) in [5.41, 5.74) is 5.44. The van der Waals surface area contributed by atoms with Gasteiger partial charge in [-0.25, -0.2) is 4.79 Å². The molecular formula is C12H20N2O6S. The Morgan fingerprint density at radius 2 is 2.19 bits per heavy atom. The van der Waals surface area contributed by atoms with Crippen molar-refractivity contribution in [2.75, 3.05) is 25.2 Å². The lowest BCUT2D eigenvalue weighted by atomic mass is 10.2. The Morgan fingerprint density at radius 3 is 2.71 bits per heavy atom. The molecule has 0 aromatic rings. The van der Waals surface area contributed by atoms with Crippen LogP contribution in [-0.2, 0) is 23.9 Å². The van der Waals surface area contributed by atoms with E-state index in [9.17, 15) is 14.4 Å². The number of aliphatic carboxylic acids is 1. The van der Waals surface area contributed by atoms with Gasteiger partial charge >= 0.3 is 11.9 Å². The third kappa shape index (κ3) is 6.32. The normalized spacial score (nSPS) is 20.6. The third-order valence-corrected chi connectivity index (χ3v) is 4.05. The van der Waals surface area contributed by atoms with Gasteiger partial charge in [0.15, 0.2) is 6.04 Å². The second-order valence-electron chi connectivity index (χ2n) is 4.61. The first-order valence-electron chi connectivity index (χ1n) is 6.49. The molecule has 1 aliphatic rings. The first-order chi connectivity index (χ1) is 9.93. The number of nitrogens with one attached hydrogen (secondary N) is 1. The van der Waals surface area contributed by atoms with Crippen molar-refractivity contribution in [2.45, 2.75) is 31.0 Å². The molecule has 1 heterocycles. The number of hydrogen-bond donors (Lipinski definition) is 3. The van der Waals surface area contributed by atoms with Gasteiger partial charge in [-0.15, -0.1) is 0 Å². The van der Waals surface area contributed by atoms with Gasteiger partial charge in [0, 0.05) is 5.75 Å². The second-order valence-corrected chi connectivity index (χ2v) is 5.76. The van der Waals surface area contributed by atoms with Crippen molar-refractivity contribution in [3.05, 3.63) is 0 Å². The van der Waals surface area contributed by atoms with Gasteiger partial charge in [0.1, 0.15) is 0 Å². The highest BCUT2D eigenvalue weighted by molar-refractivity contribution is 7.99. The largest absolute Gasteiger partial charge is 0.481 e. The van der Waals surface area contributed by atoms with E-state index in [1.807, 2.05) is 0 Å². The maximum atomic E-state index is 11.7. The van der Waals surface area contributed by atoms with E-state index in [0.717, 1.165) is 17.9 Å². The van der Waals surface area contributed by atoms with Gasteiger partial charge in [0.05, 0.1) is 32.3 Å². The van der Waals surface area contributed by atoms with Crippen LogP contribution in [0.4, 0.5) is 0 Å². The van der Waals surface area contributed by atoms with Crippen LogP contribution in [-0.4, -0.2) is 66.4 Å². The van der Waals surface area contributed by atoms with Crippen LogP contribution in [0.3, 0.4) is 0 Å². The van der Waals surface area contributed by atoms with Crippen molar-refractivity contribution in [2.24, 2.45) is 5.73 Å². The zero-order chi connectivity index (χ0) is 15.8. The fourth-order valence-corrected chi connectivity index (χ4v) is 2.87. The van der Waals surface area contributed by atoms with Gasteiger partial charge in [-0.3, -0.25) is 9.59 Å². The predicted molar refractivity (Wildman–Crippen MR) is 75.9 cm³/mol. The van der Waals surface area contributed by atoms with Gasteiger partial charge in [-0.05, 0) is 12.2 Å². The number of thioether (sulfide) groups is 1. The number of methoxy groups -OCH3 is 1. The molecule has 0 spiro atoms. The maximum absolute atomic E-state index is 11.7. The number of rotatable bonds is 8. The van der Waals surface area contributed by atoms with Gasteiger partial charge in [-0.2, -0.15) is 11.8 Å². The average Bonchev–Trinajstić information content (AvgIpc) is 2.94. The fraction of sp³-hybridized carbons (Fsp3) is 0.750. The topological polar surface area (TPSA) is 128 Å². The highest BCUT2D eigenvalue weighted by Crippen LogP contribution is 2.20. The lowest BCUT2D eigenvalue weighted by Crippen LogP contribution is -2.51. The molecule has 1 saturated heterocycles. The van der Waals surface area contributed by atoms with E-state index >= 15 is 0 Å². The van der Waals surface area contributed by atoms with E-state index < -0.39 is 36.4 Å². The van der Waals surface area contributed by atoms with Crippen LogP contribution >= 0.6 is 11.8 Å². The third-order valence-electron chi connectivity index (χ3n) is 2.92. The van der Waals surface area contributed by atoms with Crippen LogP contribution in [0, 0.1) is 0 Å². The number of carbonyl (C=O) groups is 3. The van der Waals surface area contributed by atoms with Crippen LogP contribution in [0.5, 0.6) is 0 Å². The highest BCUT2D eigenvalue weighted by atomic mass is 32.2. The van der Waals surface area contributed by atoms with Crippen LogP contribution in [0.15, 0.2) is 0 Å². The molecule has 120 valence electrons. The Balaban J connectivity index is 2.50. The molecule has 0 saturated carbocycles. The molecule has 0 bridgehead atoms. The molecule has 8 nitrogen and oxygen atoms in total. The monoisotopic (exact) mass is 320 g/mol. The maximum Gasteiger partial charge on any atom is 0.330 e. The summed E-state index contributed by atoms with van der Waals surface area (Å²) in [6, 6.07) is -2.22. The number of amides is 1. The Bertz CT molecular complexity index is 386. The Morgan fingerprint density at radius 1 is 1.48 bits per heavy atom. The van der Waals surface area contributed by atoms with Gasteiger partial charge < -0.3 is 25.6 Å². The minimum absolute atomic E-state index is 0.0244. The van der Waals surface area contributed by atoms with Crippen molar-refractivity contribution in [3.8, 4) is 0 Å². The summed E-state index contributed by atoms with van der Waals surface area (Å²) in [5, 5.41) is 11.0. The molecule has 0 aromatic carbocycles. The van der Waals surface area contributed by atoms with Gasteiger partial charge in [-0.1, -0.05) is 0 Å². The molecule has 1 fully saturated rings. The van der Waals surface area contributed by atoms with Crippen LogP contribution < -0.4 is 11.1 Å². The fourth-order valence-electron chi connectivity index (χ4n) is 1.75. The Hall–Kier alpha value is -1.32. The molecule has 0 aliphatic carbocycles. The minimum atomic E-state index is -1.23. The van der Waals surface area contributed by atoms with Crippen molar-refractivity contribution in [3.63, 3.8) is 0 Å². The minimum Gasteiger partial charge on any atom is -0.481 e. The summed E-state index contributed by atoms with van der Waals surface area (Å²) in [6.07, 6.45) is 0.428. The molecule has 1 aliphatic heterocycles. The highest BCUT2D eigenvalue weighted by Gasteiger charge is 2.27. The summed E-state index contributed by atoms with van der Waals surface area (Å²) in [5.74, 6) is -0.718. The average molecular weight is 320 g/mol. The summed E-state index contributed by atoms with van der Waals surface area (Å²) < 4.78 is 10.1. The number of esters is 1. The van der Waals surface area contributed by atoms with Crippen LogP contribution in [0.25, 0.3) is 0 Å². The Labute approximate surface area is 126 Å². The first kappa shape index (κ1) is 17.7. The summed E-state index contributed by atoms with van der Waals surface area (Å²) >= 11 is 1.76. The second kappa shape index (κ2) is 8.85. The number of ether oxygens (including phenoxy) is 2. The lowest BCUT2D eigenvalue weighted by molar-refractivity contribution is -0.147. The number of hydrogen-bond acceptors (Lipinski definition) is 7. The van der Waals surface area contributed by atoms with Crippen molar-refractivity contribution in [1.82, 2.24) is 5.32 Å². The summed E-state index contributed by atoms with van der Waals surface area (Å²) in [4.78, 5) is 33.9. The van der Waals surface area contributed by atoms with E-state index in [4.69, 9.17) is 15.6 Å². The number of carbonyl (C=O) groups excluding carboxylic acids is 2. The number of nitrogens with two attached hydrogens (primary N) is 1. The summed E-state index contributed by atoms with van der Waals surface area (Å²) in [7, 11) is 1.20. The van der Waals surface area contributed by atoms with Gasteiger partial charge in [0.2, 0.25) is 5.91 Å². The standard InChI is InChI=1S/C12H20N2O6S/c1-19-12(18)9(5-20-7-2-3-21-6-7)14-11(17)8(13)4-10(15)16/h7-9H,2-6,13H2,1H3,(H,14,17)(H,15,16)/t7?,8-,9-/m0/s1. The predicted octanol–water partition coefficient (Wildman–Crippen LogP) is -1.03. The zero-order valence-corrected chi connectivity index (χ0v) is 12.6. The van der Waals surface area contributed by atoms with Crippen molar-refractivity contribution >= 4 is 29.6 Å². The molecule has 1 amide bonds. The molecule has 1 rings (SSSR count). The molecule has 4 N–H and O–H groups in total. The van der Waals surface area contributed by atoms with E-state index in [-0.39, 0.29) is 12.7 Å².